The number of rotatable bonds is 2. The zero-order valence-electron chi connectivity index (χ0n) is 7.86. The average Bonchev–Trinajstić information content (AvgIpc) is 2.07. The molecule has 0 aromatic heterocycles. The van der Waals surface area contributed by atoms with Crippen LogP contribution in [-0.2, 0) is 10.0 Å². The first-order valence-electron chi connectivity index (χ1n) is 3.83. The van der Waals surface area contributed by atoms with Gasteiger partial charge < -0.3 is 0 Å². The third-order valence-corrected chi connectivity index (χ3v) is 3.57. The fraction of sp³-hybridized carbons (Fsp3) is 0.250. The lowest BCUT2D eigenvalue weighted by atomic mass is 10.2. The van der Waals surface area contributed by atoms with Crippen LogP contribution in [0.2, 0.25) is 0 Å². The average molecular weight is 279 g/mol. The molecular formula is C8H11BrN2O2S. The van der Waals surface area contributed by atoms with Gasteiger partial charge >= 0.3 is 0 Å². The minimum Gasteiger partial charge on any atom is -0.233 e. The molecule has 0 heterocycles. The van der Waals surface area contributed by atoms with E-state index >= 15 is 0 Å². The highest BCUT2D eigenvalue weighted by Gasteiger charge is 2.12. The topological polar surface area (TPSA) is 63.4 Å². The van der Waals surface area contributed by atoms with Gasteiger partial charge in [-0.25, -0.2) is 18.7 Å². The first-order valence-corrected chi connectivity index (χ1v) is 6.47. The summed E-state index contributed by atoms with van der Waals surface area (Å²) < 4.78 is 23.9. The van der Waals surface area contributed by atoms with Crippen LogP contribution in [0.15, 0.2) is 22.7 Å². The maximum Gasteiger partial charge on any atom is 0.245 e. The Labute approximate surface area is 91.9 Å². The highest BCUT2D eigenvalue weighted by molar-refractivity contribution is 9.10. The van der Waals surface area contributed by atoms with Crippen molar-refractivity contribution in [2.75, 3.05) is 10.7 Å². The number of halogens is 1. The number of hydrogen-bond acceptors (Lipinski definition) is 3. The molecule has 0 unspecified atom stereocenters. The molecule has 0 atom stereocenters. The summed E-state index contributed by atoms with van der Waals surface area (Å²) in [5.74, 6) is 5.42. The van der Waals surface area contributed by atoms with Gasteiger partial charge in [-0.1, -0.05) is 15.9 Å². The van der Waals surface area contributed by atoms with Crippen LogP contribution in [0, 0.1) is 6.92 Å². The van der Waals surface area contributed by atoms with Crippen LogP contribution < -0.4 is 10.3 Å². The standard InChI is InChI=1S/C8H11BrN2O2S/c1-6-5-7(3-4-8(6)9)11(10)14(2,12)13/h3-5H,10H2,1-2H3. The van der Waals surface area contributed by atoms with Gasteiger partial charge in [-0.15, -0.1) is 0 Å². The van der Waals surface area contributed by atoms with Crippen LogP contribution >= 0.6 is 15.9 Å². The van der Waals surface area contributed by atoms with Crippen LogP contribution in [0.4, 0.5) is 5.69 Å². The molecule has 78 valence electrons. The van der Waals surface area contributed by atoms with Gasteiger partial charge in [0, 0.05) is 4.47 Å². The molecule has 0 spiro atoms. The van der Waals surface area contributed by atoms with Gasteiger partial charge in [0.25, 0.3) is 0 Å². The van der Waals surface area contributed by atoms with Gasteiger partial charge in [0.1, 0.15) is 0 Å². The molecule has 0 aliphatic heterocycles. The smallest absolute Gasteiger partial charge is 0.233 e. The fourth-order valence-corrected chi connectivity index (χ4v) is 1.70. The van der Waals surface area contributed by atoms with E-state index in [0.29, 0.717) is 5.69 Å². The van der Waals surface area contributed by atoms with Crippen molar-refractivity contribution >= 4 is 31.6 Å². The van der Waals surface area contributed by atoms with Crippen LogP contribution in [0.5, 0.6) is 0 Å². The summed E-state index contributed by atoms with van der Waals surface area (Å²) in [4.78, 5) is 0. The Morgan fingerprint density at radius 1 is 1.43 bits per heavy atom. The molecule has 6 heteroatoms. The van der Waals surface area contributed by atoms with Crippen molar-refractivity contribution < 1.29 is 8.42 Å². The van der Waals surface area contributed by atoms with E-state index in [4.69, 9.17) is 5.84 Å². The van der Waals surface area contributed by atoms with E-state index in [9.17, 15) is 8.42 Å². The van der Waals surface area contributed by atoms with E-state index in [1.807, 2.05) is 6.92 Å². The van der Waals surface area contributed by atoms with Crippen molar-refractivity contribution in [1.82, 2.24) is 0 Å². The molecule has 14 heavy (non-hydrogen) atoms. The summed E-state index contributed by atoms with van der Waals surface area (Å²) >= 11 is 3.32. The Bertz CT molecular complexity index is 445. The molecule has 2 N–H and O–H groups in total. The van der Waals surface area contributed by atoms with E-state index in [1.54, 1.807) is 18.2 Å². The third-order valence-electron chi connectivity index (χ3n) is 1.75. The third kappa shape index (κ3) is 2.46. The summed E-state index contributed by atoms with van der Waals surface area (Å²) in [6.45, 7) is 1.86. The molecule has 0 radical (unpaired) electrons. The minimum absolute atomic E-state index is 0.452. The Morgan fingerprint density at radius 3 is 2.43 bits per heavy atom. The molecule has 1 aromatic carbocycles. The molecule has 0 aliphatic carbocycles. The number of anilines is 1. The lowest BCUT2D eigenvalue weighted by Gasteiger charge is -2.16. The van der Waals surface area contributed by atoms with Gasteiger partial charge in [0.2, 0.25) is 10.0 Å². The quantitative estimate of drug-likeness (QED) is 0.657. The Hall–Kier alpha value is -0.590. The van der Waals surface area contributed by atoms with Crippen LogP contribution in [0.3, 0.4) is 0 Å². The minimum atomic E-state index is -3.39. The van der Waals surface area contributed by atoms with E-state index < -0.39 is 10.0 Å². The summed E-state index contributed by atoms with van der Waals surface area (Å²) in [5.41, 5.74) is 1.38. The molecule has 0 fully saturated rings. The normalized spacial score (nSPS) is 11.4. The zero-order chi connectivity index (χ0) is 10.9. The van der Waals surface area contributed by atoms with E-state index in [-0.39, 0.29) is 0 Å². The fourth-order valence-electron chi connectivity index (χ4n) is 0.957. The van der Waals surface area contributed by atoms with Crippen molar-refractivity contribution in [2.45, 2.75) is 6.92 Å². The maximum atomic E-state index is 11.1. The zero-order valence-corrected chi connectivity index (χ0v) is 10.3. The van der Waals surface area contributed by atoms with Crippen molar-refractivity contribution in [3.05, 3.63) is 28.2 Å². The number of hydrogen-bond donors (Lipinski definition) is 1. The van der Waals surface area contributed by atoms with Gasteiger partial charge in [-0.3, -0.25) is 0 Å². The second kappa shape index (κ2) is 3.88. The first kappa shape index (κ1) is 11.5. The largest absolute Gasteiger partial charge is 0.245 e. The van der Waals surface area contributed by atoms with Gasteiger partial charge in [0.15, 0.2) is 0 Å². The number of aryl methyl sites for hydroxylation is 1. The Kier molecular flexibility index (Phi) is 3.18. The monoisotopic (exact) mass is 278 g/mol. The van der Waals surface area contributed by atoms with Crippen molar-refractivity contribution in [2.24, 2.45) is 5.84 Å². The van der Waals surface area contributed by atoms with Crippen molar-refractivity contribution in [3.63, 3.8) is 0 Å². The van der Waals surface area contributed by atoms with Crippen molar-refractivity contribution in [1.29, 1.82) is 0 Å². The van der Waals surface area contributed by atoms with Gasteiger partial charge in [-0.2, -0.15) is 0 Å². The Morgan fingerprint density at radius 2 is 2.00 bits per heavy atom. The highest BCUT2D eigenvalue weighted by Crippen LogP contribution is 2.22. The highest BCUT2D eigenvalue weighted by atomic mass is 79.9. The number of nitrogens with two attached hydrogens (primary N) is 1. The molecule has 0 saturated carbocycles. The summed E-state index contributed by atoms with van der Waals surface area (Å²) in [7, 11) is -3.39. The summed E-state index contributed by atoms with van der Waals surface area (Å²) in [5, 5.41) is 0. The lowest BCUT2D eigenvalue weighted by Crippen LogP contribution is -2.36. The molecule has 1 aromatic rings. The van der Waals surface area contributed by atoms with E-state index in [0.717, 1.165) is 20.7 Å². The second-order valence-corrected chi connectivity index (χ2v) is 5.71. The lowest BCUT2D eigenvalue weighted by molar-refractivity contribution is 0.598. The molecular weight excluding hydrogens is 268 g/mol. The Balaban J connectivity index is 3.16. The van der Waals surface area contributed by atoms with Gasteiger partial charge in [0.05, 0.1) is 11.9 Å². The van der Waals surface area contributed by atoms with Crippen LogP contribution in [0.25, 0.3) is 0 Å². The van der Waals surface area contributed by atoms with Gasteiger partial charge in [-0.05, 0) is 30.7 Å². The number of hydrazine groups is 1. The van der Waals surface area contributed by atoms with Crippen LogP contribution in [-0.4, -0.2) is 14.7 Å². The first-order chi connectivity index (χ1) is 6.32. The second-order valence-electron chi connectivity index (χ2n) is 2.99. The molecule has 0 saturated heterocycles. The van der Waals surface area contributed by atoms with E-state index in [2.05, 4.69) is 15.9 Å². The predicted octanol–water partition coefficient (Wildman–Crippen LogP) is 1.40. The number of nitrogens with zero attached hydrogens (tertiary/aromatic N) is 1. The molecule has 0 aliphatic rings. The molecule has 1 rings (SSSR count). The summed E-state index contributed by atoms with van der Waals surface area (Å²) in [6.07, 6.45) is 1.06. The predicted molar refractivity (Wildman–Crippen MR) is 60.4 cm³/mol. The molecule has 4 nitrogen and oxygen atoms in total. The maximum absolute atomic E-state index is 11.1. The number of benzene rings is 1. The summed E-state index contributed by atoms with van der Waals surface area (Å²) in [6, 6.07) is 5.10. The van der Waals surface area contributed by atoms with Crippen LogP contribution in [0.1, 0.15) is 5.56 Å². The van der Waals surface area contributed by atoms with Crippen molar-refractivity contribution in [3.8, 4) is 0 Å². The molecule has 0 bridgehead atoms. The SMILES string of the molecule is Cc1cc(N(N)S(C)(=O)=O)ccc1Br. The number of sulfonamides is 1. The van der Waals surface area contributed by atoms with E-state index in [1.165, 1.54) is 0 Å². The molecule has 0 amide bonds.